The van der Waals surface area contributed by atoms with Gasteiger partial charge in [-0.2, -0.15) is 0 Å². The van der Waals surface area contributed by atoms with Crippen LogP contribution in [-0.2, 0) is 4.74 Å². The number of hydrogen-bond acceptors (Lipinski definition) is 5. The lowest BCUT2D eigenvalue weighted by atomic mass is 9.93. The average Bonchev–Trinajstić information content (AvgIpc) is 2.83. The Morgan fingerprint density at radius 1 is 1.15 bits per heavy atom. The predicted molar refractivity (Wildman–Crippen MR) is 136 cm³/mol. The van der Waals surface area contributed by atoms with Gasteiger partial charge in [0.2, 0.25) is 0 Å². The molecule has 0 spiro atoms. The van der Waals surface area contributed by atoms with E-state index in [1.54, 1.807) is 17.1 Å². The van der Waals surface area contributed by atoms with E-state index < -0.39 is 0 Å². The molecule has 2 N–H and O–H groups in total. The van der Waals surface area contributed by atoms with Crippen LogP contribution in [0.1, 0.15) is 15.9 Å². The fourth-order valence-corrected chi connectivity index (χ4v) is 4.34. The second kappa shape index (κ2) is 9.88. The maximum absolute atomic E-state index is 13.4. The van der Waals surface area contributed by atoms with Crippen molar-refractivity contribution in [2.45, 2.75) is 6.92 Å². The minimum atomic E-state index is -0.0435. The van der Waals surface area contributed by atoms with E-state index in [-0.39, 0.29) is 5.91 Å². The predicted octanol–water partition coefficient (Wildman–Crippen LogP) is 4.44. The van der Waals surface area contributed by atoms with Gasteiger partial charge in [-0.05, 0) is 47.9 Å². The van der Waals surface area contributed by atoms with E-state index in [1.807, 2.05) is 37.3 Å². The summed E-state index contributed by atoms with van der Waals surface area (Å²) in [6.45, 7) is 13.5. The summed E-state index contributed by atoms with van der Waals surface area (Å²) in [7, 11) is 0. The summed E-state index contributed by atoms with van der Waals surface area (Å²) in [4.78, 5) is 22.0. The SMILES string of the molecule is C=CCN(CC=C)C(=O)c1cccc(C)c1-c1ccc2nc(N)c(N3CCOCC3)cc2c1. The number of benzene rings is 2. The van der Waals surface area contributed by atoms with Crippen molar-refractivity contribution >= 4 is 28.3 Å². The number of amides is 1. The normalized spacial score (nSPS) is 13.7. The number of rotatable bonds is 7. The molecular formula is C27H30N4O2. The summed E-state index contributed by atoms with van der Waals surface area (Å²) in [5, 5.41) is 0.985. The second-order valence-corrected chi connectivity index (χ2v) is 8.18. The van der Waals surface area contributed by atoms with Crippen molar-refractivity contribution in [1.82, 2.24) is 9.88 Å². The number of nitrogens with two attached hydrogens (primary N) is 1. The Kier molecular flexibility index (Phi) is 6.75. The number of ether oxygens (including phenoxy) is 1. The molecular weight excluding hydrogens is 412 g/mol. The molecule has 0 bridgehead atoms. The van der Waals surface area contributed by atoms with Gasteiger partial charge in [0.1, 0.15) is 5.82 Å². The molecule has 1 aromatic heterocycles. The van der Waals surface area contributed by atoms with Crippen molar-refractivity contribution in [2.24, 2.45) is 0 Å². The molecule has 33 heavy (non-hydrogen) atoms. The number of hydrogen-bond donors (Lipinski definition) is 1. The van der Waals surface area contributed by atoms with Crippen LogP contribution in [0.3, 0.4) is 0 Å². The van der Waals surface area contributed by atoms with Crippen molar-refractivity contribution in [1.29, 1.82) is 0 Å². The highest BCUT2D eigenvalue weighted by atomic mass is 16.5. The molecule has 1 saturated heterocycles. The Hall–Kier alpha value is -3.64. The number of pyridine rings is 1. The van der Waals surface area contributed by atoms with E-state index in [0.29, 0.717) is 37.7 Å². The Morgan fingerprint density at radius 2 is 1.88 bits per heavy atom. The molecule has 4 rings (SSSR count). The molecule has 0 atom stereocenters. The van der Waals surface area contributed by atoms with Gasteiger partial charge >= 0.3 is 0 Å². The molecule has 2 aromatic carbocycles. The maximum atomic E-state index is 13.4. The van der Waals surface area contributed by atoms with E-state index >= 15 is 0 Å². The van der Waals surface area contributed by atoms with Crippen LogP contribution in [0.5, 0.6) is 0 Å². The first kappa shape index (κ1) is 22.6. The zero-order chi connectivity index (χ0) is 23.4. The van der Waals surface area contributed by atoms with Gasteiger partial charge in [-0.25, -0.2) is 4.98 Å². The summed E-state index contributed by atoms with van der Waals surface area (Å²) >= 11 is 0. The summed E-state index contributed by atoms with van der Waals surface area (Å²) in [5.41, 5.74) is 11.6. The highest BCUT2D eigenvalue weighted by Gasteiger charge is 2.20. The third-order valence-electron chi connectivity index (χ3n) is 5.95. The molecule has 6 nitrogen and oxygen atoms in total. The van der Waals surface area contributed by atoms with Crippen molar-refractivity contribution in [3.05, 3.63) is 78.9 Å². The van der Waals surface area contributed by atoms with Crippen molar-refractivity contribution in [3.8, 4) is 11.1 Å². The molecule has 1 aliphatic rings. The number of fused-ring (bicyclic) bond motifs is 1. The summed E-state index contributed by atoms with van der Waals surface area (Å²) in [6.07, 6.45) is 3.46. The van der Waals surface area contributed by atoms with E-state index in [4.69, 9.17) is 10.5 Å². The standard InChI is InChI=1S/C27H30N4O2/c1-4-11-31(12-5-2)27(32)22-8-6-7-19(3)25(22)20-9-10-23-21(17-20)18-24(26(28)29-23)30-13-15-33-16-14-30/h4-10,17-18H,1-2,11-16H2,3H3,(H2,28,29). The molecule has 0 aliphatic carbocycles. The molecule has 170 valence electrons. The first-order chi connectivity index (χ1) is 16.0. The lowest BCUT2D eigenvalue weighted by Crippen LogP contribution is -2.36. The zero-order valence-electron chi connectivity index (χ0n) is 19.1. The number of nitrogens with zero attached hydrogens (tertiary/aromatic N) is 3. The third kappa shape index (κ3) is 4.61. The first-order valence-electron chi connectivity index (χ1n) is 11.2. The summed E-state index contributed by atoms with van der Waals surface area (Å²) in [5.74, 6) is 0.478. The first-order valence-corrected chi connectivity index (χ1v) is 11.2. The van der Waals surface area contributed by atoms with Crippen molar-refractivity contribution in [2.75, 3.05) is 50.0 Å². The van der Waals surface area contributed by atoms with Gasteiger partial charge in [-0.1, -0.05) is 30.4 Å². The topological polar surface area (TPSA) is 71.7 Å². The Morgan fingerprint density at radius 3 is 2.58 bits per heavy atom. The van der Waals surface area contributed by atoms with Crippen LogP contribution in [0.4, 0.5) is 11.5 Å². The number of aryl methyl sites for hydroxylation is 1. The highest BCUT2D eigenvalue weighted by Crippen LogP contribution is 2.33. The molecule has 3 aromatic rings. The minimum Gasteiger partial charge on any atom is -0.382 e. The van der Waals surface area contributed by atoms with Gasteiger partial charge in [0, 0.05) is 37.1 Å². The van der Waals surface area contributed by atoms with Crippen LogP contribution in [0.25, 0.3) is 22.0 Å². The lowest BCUT2D eigenvalue weighted by molar-refractivity contribution is 0.0791. The van der Waals surface area contributed by atoms with Gasteiger partial charge < -0.3 is 20.3 Å². The average molecular weight is 443 g/mol. The van der Waals surface area contributed by atoms with Crippen LogP contribution >= 0.6 is 0 Å². The maximum Gasteiger partial charge on any atom is 0.255 e. The van der Waals surface area contributed by atoms with Gasteiger partial charge in [0.25, 0.3) is 5.91 Å². The molecule has 1 aliphatic heterocycles. The number of carbonyl (C=O) groups is 1. The molecule has 2 heterocycles. The number of morpholine rings is 1. The molecule has 0 saturated carbocycles. The van der Waals surface area contributed by atoms with Crippen LogP contribution in [0.15, 0.2) is 67.8 Å². The van der Waals surface area contributed by atoms with Gasteiger partial charge in [-0.3, -0.25) is 4.79 Å². The number of aromatic nitrogens is 1. The zero-order valence-corrected chi connectivity index (χ0v) is 19.1. The Bertz CT molecular complexity index is 1190. The Labute approximate surface area is 195 Å². The van der Waals surface area contributed by atoms with E-state index in [0.717, 1.165) is 46.4 Å². The van der Waals surface area contributed by atoms with Crippen LogP contribution < -0.4 is 10.6 Å². The number of nitrogen functional groups attached to an aromatic ring is 1. The lowest BCUT2D eigenvalue weighted by Gasteiger charge is -2.29. The fraction of sp³-hybridized carbons (Fsp3) is 0.259. The van der Waals surface area contributed by atoms with Gasteiger partial charge in [-0.15, -0.1) is 13.2 Å². The van der Waals surface area contributed by atoms with Gasteiger partial charge in [0.05, 0.1) is 24.4 Å². The summed E-state index contributed by atoms with van der Waals surface area (Å²) < 4.78 is 5.48. The van der Waals surface area contributed by atoms with Crippen molar-refractivity contribution in [3.63, 3.8) is 0 Å². The van der Waals surface area contributed by atoms with E-state index in [2.05, 4.69) is 35.2 Å². The van der Waals surface area contributed by atoms with Crippen LogP contribution in [-0.4, -0.2) is 55.2 Å². The third-order valence-corrected chi connectivity index (χ3v) is 5.95. The van der Waals surface area contributed by atoms with Crippen LogP contribution in [0, 0.1) is 6.92 Å². The fourth-order valence-electron chi connectivity index (χ4n) is 4.34. The van der Waals surface area contributed by atoms with Gasteiger partial charge in [0.15, 0.2) is 0 Å². The Balaban J connectivity index is 1.80. The number of anilines is 2. The molecule has 6 heteroatoms. The second-order valence-electron chi connectivity index (χ2n) is 8.18. The van der Waals surface area contributed by atoms with Crippen LogP contribution in [0.2, 0.25) is 0 Å². The monoisotopic (exact) mass is 442 g/mol. The summed E-state index contributed by atoms with van der Waals surface area (Å²) in [6, 6.07) is 14.0. The van der Waals surface area contributed by atoms with E-state index in [1.165, 1.54) is 0 Å². The number of carbonyl (C=O) groups excluding carboxylic acids is 1. The highest BCUT2D eigenvalue weighted by molar-refractivity contribution is 6.03. The van der Waals surface area contributed by atoms with Crippen molar-refractivity contribution < 1.29 is 9.53 Å². The molecule has 1 fully saturated rings. The van der Waals surface area contributed by atoms with E-state index in [9.17, 15) is 4.79 Å². The molecule has 0 radical (unpaired) electrons. The molecule has 0 unspecified atom stereocenters. The largest absolute Gasteiger partial charge is 0.382 e. The molecule has 1 amide bonds. The minimum absolute atomic E-state index is 0.0435. The quantitative estimate of drug-likeness (QED) is 0.548. The smallest absolute Gasteiger partial charge is 0.255 e.